The zero-order valence-electron chi connectivity index (χ0n) is 19.6. The molecule has 11 heteroatoms. The summed E-state index contributed by atoms with van der Waals surface area (Å²) in [6.07, 6.45) is 4.24. The molecule has 1 saturated heterocycles. The Morgan fingerprint density at radius 2 is 2.06 bits per heavy atom. The van der Waals surface area contributed by atoms with Crippen molar-refractivity contribution in [3.05, 3.63) is 36.5 Å². The maximum Gasteiger partial charge on any atom is 0.220 e. The number of ether oxygens (including phenoxy) is 1. The van der Waals surface area contributed by atoms with Crippen LogP contribution in [0.5, 0.6) is 5.75 Å². The SMILES string of the molecule is COc1cc2ncc(-c3cc(F)nc(NCC4CCC(=O)NC4)c3)n2cc1S(=O)(=O)C(C)(C)C. The minimum Gasteiger partial charge on any atom is -0.495 e. The van der Waals surface area contributed by atoms with Gasteiger partial charge in [-0.05, 0) is 39.2 Å². The van der Waals surface area contributed by atoms with Gasteiger partial charge in [0.05, 0.1) is 23.7 Å². The van der Waals surface area contributed by atoms with Gasteiger partial charge in [-0.15, -0.1) is 0 Å². The molecule has 0 spiro atoms. The van der Waals surface area contributed by atoms with E-state index in [-0.39, 0.29) is 22.5 Å². The molecule has 9 nitrogen and oxygen atoms in total. The number of hydrogen-bond acceptors (Lipinski definition) is 7. The number of methoxy groups -OCH3 is 1. The number of hydrogen-bond donors (Lipinski definition) is 2. The van der Waals surface area contributed by atoms with Crippen molar-refractivity contribution in [1.82, 2.24) is 19.7 Å². The molecular formula is C23H28FN5O4S. The van der Waals surface area contributed by atoms with Crippen LogP contribution in [0.2, 0.25) is 0 Å². The quantitative estimate of drug-likeness (QED) is 0.512. The standard InChI is InChI=1S/C23H28FN5O4S/c1-23(2,3)34(31,32)18-13-29-16(12-26-21(29)9-17(18)33-4)15-7-19(24)28-20(8-15)25-10-14-5-6-22(30)27-11-14/h7-9,12-14H,5-6,10-11H2,1-4H3,(H,25,28)(H,27,30). The van der Waals surface area contributed by atoms with E-state index in [1.54, 1.807) is 43.5 Å². The molecule has 1 aliphatic rings. The van der Waals surface area contributed by atoms with Crippen LogP contribution in [0.25, 0.3) is 16.9 Å². The number of imidazole rings is 1. The second-order valence-corrected chi connectivity index (χ2v) is 12.0. The Morgan fingerprint density at radius 1 is 1.29 bits per heavy atom. The number of fused-ring (bicyclic) bond motifs is 1. The average molecular weight is 490 g/mol. The van der Waals surface area contributed by atoms with Crippen LogP contribution in [0.15, 0.2) is 35.5 Å². The number of piperidine rings is 1. The van der Waals surface area contributed by atoms with Crippen molar-refractivity contribution in [2.24, 2.45) is 5.92 Å². The summed E-state index contributed by atoms with van der Waals surface area (Å²) in [6.45, 7) is 5.96. The Labute approximate surface area is 197 Å². The molecule has 1 fully saturated rings. The fraction of sp³-hybridized carbons (Fsp3) is 0.435. The first-order chi connectivity index (χ1) is 16.0. The van der Waals surface area contributed by atoms with Gasteiger partial charge in [-0.3, -0.25) is 9.20 Å². The highest BCUT2D eigenvalue weighted by atomic mass is 32.2. The molecule has 1 aliphatic heterocycles. The number of sulfone groups is 1. The fourth-order valence-electron chi connectivity index (χ4n) is 3.83. The molecule has 3 aromatic rings. The lowest BCUT2D eigenvalue weighted by molar-refractivity contribution is -0.122. The van der Waals surface area contributed by atoms with Crippen molar-refractivity contribution in [1.29, 1.82) is 0 Å². The first-order valence-corrected chi connectivity index (χ1v) is 12.5. The van der Waals surface area contributed by atoms with Crippen molar-refractivity contribution in [2.45, 2.75) is 43.3 Å². The van der Waals surface area contributed by atoms with Crippen molar-refractivity contribution in [2.75, 3.05) is 25.5 Å². The molecule has 4 heterocycles. The number of carbonyl (C=O) groups is 1. The topological polar surface area (TPSA) is 115 Å². The number of amides is 1. The van der Waals surface area contributed by atoms with Crippen LogP contribution in [0.3, 0.4) is 0 Å². The number of halogens is 1. The van der Waals surface area contributed by atoms with Crippen molar-refractivity contribution < 1.29 is 22.3 Å². The molecule has 0 saturated carbocycles. The normalized spacial score (nSPS) is 17.0. The van der Waals surface area contributed by atoms with Crippen LogP contribution in [0, 0.1) is 11.9 Å². The predicted octanol–water partition coefficient (Wildman–Crippen LogP) is 3.05. The molecule has 1 unspecified atom stereocenters. The zero-order valence-corrected chi connectivity index (χ0v) is 20.4. The number of anilines is 1. The molecule has 1 amide bonds. The molecule has 4 rings (SSSR count). The Balaban J connectivity index is 1.71. The van der Waals surface area contributed by atoms with Crippen LogP contribution >= 0.6 is 0 Å². The van der Waals surface area contributed by atoms with E-state index < -0.39 is 20.5 Å². The number of aromatic nitrogens is 3. The van der Waals surface area contributed by atoms with Crippen LogP contribution in [0.1, 0.15) is 33.6 Å². The maximum atomic E-state index is 14.4. The third-order valence-electron chi connectivity index (χ3n) is 5.92. The van der Waals surface area contributed by atoms with Gasteiger partial charge in [-0.1, -0.05) is 0 Å². The number of rotatable bonds is 6. The molecule has 0 aliphatic carbocycles. The van der Waals surface area contributed by atoms with Crippen LogP contribution < -0.4 is 15.4 Å². The summed E-state index contributed by atoms with van der Waals surface area (Å²) in [5, 5.41) is 5.97. The van der Waals surface area contributed by atoms with E-state index in [1.165, 1.54) is 19.4 Å². The number of nitrogens with zero attached hydrogens (tertiary/aromatic N) is 3. The monoisotopic (exact) mass is 489 g/mol. The first-order valence-electron chi connectivity index (χ1n) is 11.0. The molecule has 182 valence electrons. The molecule has 2 N–H and O–H groups in total. The van der Waals surface area contributed by atoms with E-state index >= 15 is 0 Å². The second kappa shape index (κ2) is 8.86. The molecule has 3 aromatic heterocycles. The van der Waals surface area contributed by atoms with E-state index in [0.29, 0.717) is 42.2 Å². The molecular weight excluding hydrogens is 461 g/mol. The summed E-state index contributed by atoms with van der Waals surface area (Å²) >= 11 is 0. The van der Waals surface area contributed by atoms with Gasteiger partial charge in [-0.2, -0.15) is 4.39 Å². The fourth-order valence-corrected chi connectivity index (χ4v) is 5.15. The Kier molecular flexibility index (Phi) is 6.24. The van der Waals surface area contributed by atoms with Crippen LogP contribution in [0.4, 0.5) is 10.2 Å². The van der Waals surface area contributed by atoms with Crippen molar-refractivity contribution >= 4 is 27.2 Å². The van der Waals surface area contributed by atoms with Crippen molar-refractivity contribution in [3.63, 3.8) is 0 Å². The van der Waals surface area contributed by atoms with Crippen molar-refractivity contribution in [3.8, 4) is 17.0 Å². The summed E-state index contributed by atoms with van der Waals surface area (Å²) in [7, 11) is -2.32. The molecule has 0 bridgehead atoms. The summed E-state index contributed by atoms with van der Waals surface area (Å²) in [4.78, 5) is 19.7. The minimum absolute atomic E-state index is 0.0291. The largest absolute Gasteiger partial charge is 0.495 e. The molecule has 0 aromatic carbocycles. The van der Waals surface area contributed by atoms with E-state index in [4.69, 9.17) is 4.74 Å². The Morgan fingerprint density at radius 3 is 2.71 bits per heavy atom. The van der Waals surface area contributed by atoms with Gasteiger partial charge in [0.15, 0.2) is 9.84 Å². The number of carbonyl (C=O) groups excluding carboxylic acids is 1. The van der Waals surface area contributed by atoms with Gasteiger partial charge in [0.25, 0.3) is 0 Å². The second-order valence-electron chi connectivity index (χ2n) is 9.35. The Bertz CT molecular complexity index is 1340. The number of pyridine rings is 2. The van der Waals surface area contributed by atoms with Crippen LogP contribution in [-0.4, -0.2) is 53.6 Å². The number of nitrogens with one attached hydrogen (secondary N) is 2. The third-order valence-corrected chi connectivity index (χ3v) is 8.42. The zero-order chi connectivity index (χ0) is 24.7. The third kappa shape index (κ3) is 4.56. The lowest BCUT2D eigenvalue weighted by Crippen LogP contribution is -2.37. The van der Waals surface area contributed by atoms with E-state index in [9.17, 15) is 17.6 Å². The highest BCUT2D eigenvalue weighted by Gasteiger charge is 2.34. The van der Waals surface area contributed by atoms with Gasteiger partial charge in [-0.25, -0.2) is 18.4 Å². The van der Waals surface area contributed by atoms with Gasteiger partial charge in [0.2, 0.25) is 11.9 Å². The summed E-state index contributed by atoms with van der Waals surface area (Å²) in [5.74, 6) is 0.127. The van der Waals surface area contributed by atoms with E-state index in [2.05, 4.69) is 20.6 Å². The highest BCUT2D eigenvalue weighted by Crippen LogP contribution is 2.34. The molecule has 1 atom stereocenters. The lowest BCUT2D eigenvalue weighted by atomic mass is 9.99. The predicted molar refractivity (Wildman–Crippen MR) is 126 cm³/mol. The first kappa shape index (κ1) is 23.9. The summed E-state index contributed by atoms with van der Waals surface area (Å²) in [6, 6.07) is 4.52. The van der Waals surface area contributed by atoms with E-state index in [1.807, 2.05) is 0 Å². The maximum absolute atomic E-state index is 14.4. The van der Waals surface area contributed by atoms with Gasteiger partial charge in [0.1, 0.15) is 22.1 Å². The minimum atomic E-state index is -3.73. The molecule has 34 heavy (non-hydrogen) atoms. The van der Waals surface area contributed by atoms with Gasteiger partial charge < -0.3 is 15.4 Å². The molecule has 0 radical (unpaired) electrons. The van der Waals surface area contributed by atoms with Crippen LogP contribution in [-0.2, 0) is 14.6 Å². The lowest BCUT2D eigenvalue weighted by Gasteiger charge is -2.22. The van der Waals surface area contributed by atoms with Gasteiger partial charge in [0, 0.05) is 43.4 Å². The van der Waals surface area contributed by atoms with E-state index in [0.717, 1.165) is 6.42 Å². The smallest absolute Gasteiger partial charge is 0.220 e. The average Bonchev–Trinajstić information content (AvgIpc) is 3.19. The summed E-state index contributed by atoms with van der Waals surface area (Å²) < 4.78 is 46.7. The summed E-state index contributed by atoms with van der Waals surface area (Å²) in [5.41, 5.74) is 1.46. The highest BCUT2D eigenvalue weighted by molar-refractivity contribution is 7.92. The Hall–Kier alpha value is -3.21. The van der Waals surface area contributed by atoms with Gasteiger partial charge >= 0.3 is 0 Å².